The van der Waals surface area contributed by atoms with Gasteiger partial charge in [-0.05, 0) is 24.3 Å². The maximum Gasteiger partial charge on any atom is 0.272 e. The number of rotatable bonds is 4. The van der Waals surface area contributed by atoms with Crippen molar-refractivity contribution in [1.29, 1.82) is 0 Å². The van der Waals surface area contributed by atoms with Crippen molar-refractivity contribution in [2.45, 2.75) is 16.5 Å². The van der Waals surface area contributed by atoms with E-state index in [0.717, 1.165) is 17.9 Å². The molecule has 0 N–H and O–H groups in total. The van der Waals surface area contributed by atoms with E-state index in [0.29, 0.717) is 42.0 Å². The van der Waals surface area contributed by atoms with Crippen LogP contribution in [0.25, 0.3) is 5.69 Å². The van der Waals surface area contributed by atoms with E-state index >= 15 is 0 Å². The number of aromatic nitrogens is 2. The second-order valence-electron chi connectivity index (χ2n) is 6.17. The van der Waals surface area contributed by atoms with Crippen molar-refractivity contribution in [3.05, 3.63) is 46.1 Å². The molecule has 0 spiro atoms. The van der Waals surface area contributed by atoms with Crippen LogP contribution in [0, 0.1) is 5.82 Å². The Balaban J connectivity index is 1.64. The summed E-state index contributed by atoms with van der Waals surface area (Å²) in [6.07, 6.45) is 0.741. The quantitative estimate of drug-likeness (QED) is 0.570. The highest BCUT2D eigenvalue weighted by Gasteiger charge is 2.24. The molecule has 1 fully saturated rings. The normalized spacial score (nSPS) is 16.4. The van der Waals surface area contributed by atoms with E-state index < -0.39 is 0 Å². The van der Waals surface area contributed by atoms with Crippen LogP contribution < -0.4 is 5.56 Å². The standard InChI is InChI=1S/C18H18FN3O3S2/c19-12-1-3-13(4-2-12)22-17(24)16-14(5-10-26-16)20-18(22)27-11-15(23)21-6-8-25-9-7-21/h1-4H,5-11H2. The minimum Gasteiger partial charge on any atom is -0.378 e. The number of amides is 1. The van der Waals surface area contributed by atoms with Crippen LogP contribution in [0.3, 0.4) is 0 Å². The number of fused-ring (bicyclic) bond motifs is 1. The molecule has 0 bridgehead atoms. The Bertz CT molecular complexity index is 911. The Morgan fingerprint density at radius 2 is 2.00 bits per heavy atom. The number of hydrogen-bond acceptors (Lipinski definition) is 6. The van der Waals surface area contributed by atoms with Crippen molar-refractivity contribution in [1.82, 2.24) is 14.5 Å². The van der Waals surface area contributed by atoms with Crippen molar-refractivity contribution in [3.8, 4) is 5.69 Å². The van der Waals surface area contributed by atoms with Gasteiger partial charge in [0.15, 0.2) is 5.16 Å². The molecule has 142 valence electrons. The fourth-order valence-electron chi connectivity index (χ4n) is 3.04. The zero-order valence-corrected chi connectivity index (χ0v) is 16.2. The lowest BCUT2D eigenvalue weighted by Gasteiger charge is -2.26. The van der Waals surface area contributed by atoms with Crippen LogP contribution in [0.2, 0.25) is 0 Å². The summed E-state index contributed by atoms with van der Waals surface area (Å²) in [5, 5.41) is 0.467. The molecule has 2 aromatic rings. The second kappa shape index (κ2) is 8.04. The molecule has 0 aliphatic carbocycles. The van der Waals surface area contributed by atoms with Gasteiger partial charge in [-0.25, -0.2) is 9.37 Å². The third kappa shape index (κ3) is 3.90. The highest BCUT2D eigenvalue weighted by atomic mass is 32.2. The minimum atomic E-state index is -0.369. The van der Waals surface area contributed by atoms with Crippen molar-refractivity contribution in [2.75, 3.05) is 37.8 Å². The number of thioether (sulfide) groups is 2. The van der Waals surface area contributed by atoms with Crippen molar-refractivity contribution >= 4 is 29.4 Å². The van der Waals surface area contributed by atoms with E-state index in [1.165, 1.54) is 40.2 Å². The van der Waals surface area contributed by atoms with Crippen molar-refractivity contribution in [3.63, 3.8) is 0 Å². The topological polar surface area (TPSA) is 64.4 Å². The van der Waals surface area contributed by atoms with E-state index in [2.05, 4.69) is 4.98 Å². The van der Waals surface area contributed by atoms with Crippen molar-refractivity contribution in [2.24, 2.45) is 0 Å². The van der Waals surface area contributed by atoms with E-state index in [1.807, 2.05) is 0 Å². The number of benzene rings is 1. The van der Waals surface area contributed by atoms with E-state index in [-0.39, 0.29) is 23.0 Å². The number of aryl methyl sites for hydroxylation is 1. The van der Waals surface area contributed by atoms with Crippen LogP contribution in [-0.2, 0) is 16.0 Å². The van der Waals surface area contributed by atoms with Gasteiger partial charge in [-0.2, -0.15) is 0 Å². The summed E-state index contributed by atoms with van der Waals surface area (Å²) in [5.41, 5.74) is 1.17. The highest BCUT2D eigenvalue weighted by Crippen LogP contribution is 2.30. The lowest BCUT2D eigenvalue weighted by atomic mass is 10.3. The molecule has 2 aliphatic heterocycles. The first-order valence-corrected chi connectivity index (χ1v) is 10.6. The molecule has 0 atom stereocenters. The summed E-state index contributed by atoms with van der Waals surface area (Å²) < 4.78 is 20.1. The summed E-state index contributed by atoms with van der Waals surface area (Å²) in [7, 11) is 0. The highest BCUT2D eigenvalue weighted by molar-refractivity contribution is 8.00. The number of hydrogen-bond donors (Lipinski definition) is 0. The molecular weight excluding hydrogens is 389 g/mol. The van der Waals surface area contributed by atoms with Crippen LogP contribution in [0.5, 0.6) is 0 Å². The predicted octanol–water partition coefficient (Wildman–Crippen LogP) is 1.97. The summed E-state index contributed by atoms with van der Waals surface area (Å²) in [6.45, 7) is 2.26. The zero-order valence-electron chi connectivity index (χ0n) is 14.5. The minimum absolute atomic E-state index is 0.00178. The Morgan fingerprint density at radius 3 is 2.74 bits per heavy atom. The molecule has 1 aromatic heterocycles. The van der Waals surface area contributed by atoms with E-state index in [1.54, 1.807) is 17.0 Å². The van der Waals surface area contributed by atoms with Crippen LogP contribution >= 0.6 is 23.5 Å². The molecule has 0 radical (unpaired) electrons. The number of morpholine rings is 1. The second-order valence-corrected chi connectivity index (χ2v) is 8.22. The lowest BCUT2D eigenvalue weighted by Crippen LogP contribution is -2.41. The molecule has 3 heterocycles. The van der Waals surface area contributed by atoms with Gasteiger partial charge in [-0.3, -0.25) is 14.2 Å². The molecule has 1 amide bonds. The number of halogens is 1. The molecule has 0 unspecified atom stereocenters. The van der Waals surface area contributed by atoms with Crippen LogP contribution in [-0.4, -0.2) is 58.2 Å². The molecule has 1 saturated heterocycles. The average molecular weight is 407 g/mol. The Kier molecular flexibility index (Phi) is 5.51. The van der Waals surface area contributed by atoms with Crippen molar-refractivity contribution < 1.29 is 13.9 Å². The lowest BCUT2D eigenvalue weighted by molar-refractivity contribution is -0.132. The van der Waals surface area contributed by atoms with Crippen LogP contribution in [0.15, 0.2) is 39.1 Å². The Hall–Kier alpha value is -1.84. The average Bonchev–Trinajstić information content (AvgIpc) is 3.17. The zero-order chi connectivity index (χ0) is 18.8. The molecule has 0 saturated carbocycles. The van der Waals surface area contributed by atoms with Gasteiger partial charge in [-0.15, -0.1) is 11.8 Å². The number of ether oxygens (including phenoxy) is 1. The largest absolute Gasteiger partial charge is 0.378 e. The summed E-state index contributed by atoms with van der Waals surface area (Å²) in [4.78, 5) is 32.5. The van der Waals surface area contributed by atoms with Gasteiger partial charge in [0.05, 0.1) is 35.2 Å². The molecule has 1 aromatic carbocycles. The van der Waals surface area contributed by atoms with Gasteiger partial charge < -0.3 is 9.64 Å². The predicted molar refractivity (Wildman–Crippen MR) is 102 cm³/mol. The van der Waals surface area contributed by atoms with Gasteiger partial charge in [0.1, 0.15) is 5.82 Å². The Morgan fingerprint density at radius 1 is 1.26 bits per heavy atom. The van der Waals surface area contributed by atoms with Gasteiger partial charge in [-0.1, -0.05) is 11.8 Å². The first kappa shape index (κ1) is 18.5. The molecule has 9 heteroatoms. The summed E-state index contributed by atoms with van der Waals surface area (Å²) in [6, 6.07) is 5.74. The fraction of sp³-hybridized carbons (Fsp3) is 0.389. The van der Waals surface area contributed by atoms with Gasteiger partial charge in [0.25, 0.3) is 5.56 Å². The smallest absolute Gasteiger partial charge is 0.272 e. The first-order valence-electron chi connectivity index (χ1n) is 8.66. The summed E-state index contributed by atoms with van der Waals surface area (Å²) in [5.74, 6) is 0.645. The maximum absolute atomic E-state index is 13.3. The van der Waals surface area contributed by atoms with Gasteiger partial charge in [0.2, 0.25) is 5.91 Å². The molecule has 2 aliphatic rings. The maximum atomic E-state index is 13.3. The Labute approximate surface area is 164 Å². The molecule has 6 nitrogen and oxygen atoms in total. The van der Waals surface area contributed by atoms with Crippen LogP contribution in [0.1, 0.15) is 5.69 Å². The SMILES string of the molecule is O=C(CSc1nc2c(c(=O)n1-c1ccc(F)cc1)SCC2)N1CCOCC1. The van der Waals surface area contributed by atoms with E-state index in [4.69, 9.17) is 4.74 Å². The van der Waals surface area contributed by atoms with Gasteiger partial charge >= 0.3 is 0 Å². The monoisotopic (exact) mass is 407 g/mol. The third-order valence-corrected chi connectivity index (χ3v) is 6.47. The summed E-state index contributed by atoms with van der Waals surface area (Å²) >= 11 is 2.74. The molecular formula is C18H18FN3O3S2. The number of carbonyl (C=O) groups excluding carboxylic acids is 1. The first-order chi connectivity index (χ1) is 13.1. The molecule has 27 heavy (non-hydrogen) atoms. The molecule has 4 rings (SSSR count). The third-order valence-electron chi connectivity index (χ3n) is 4.44. The number of nitrogens with zero attached hydrogens (tertiary/aromatic N) is 3. The van der Waals surface area contributed by atoms with E-state index in [9.17, 15) is 14.0 Å². The van der Waals surface area contributed by atoms with Crippen LogP contribution in [0.4, 0.5) is 4.39 Å². The van der Waals surface area contributed by atoms with Gasteiger partial charge in [0, 0.05) is 25.3 Å². The number of carbonyl (C=O) groups is 1. The fourth-order valence-corrected chi connectivity index (χ4v) is 4.99.